The SMILES string of the molecule is CCNC(Cc1nccs1)c1ccc(CC)s1. The van der Waals surface area contributed by atoms with Gasteiger partial charge in [0.05, 0.1) is 5.01 Å². The molecule has 1 N–H and O–H groups in total. The lowest BCUT2D eigenvalue weighted by Crippen LogP contribution is -2.21. The normalized spacial score (nSPS) is 12.8. The molecule has 4 heteroatoms. The third kappa shape index (κ3) is 3.37. The summed E-state index contributed by atoms with van der Waals surface area (Å²) < 4.78 is 0. The average molecular weight is 266 g/mol. The third-order valence-electron chi connectivity index (χ3n) is 2.69. The summed E-state index contributed by atoms with van der Waals surface area (Å²) in [6.07, 6.45) is 4.00. The van der Waals surface area contributed by atoms with Crippen LogP contribution >= 0.6 is 22.7 Å². The molecule has 0 spiro atoms. The molecule has 1 atom stereocenters. The number of aromatic nitrogens is 1. The maximum atomic E-state index is 4.37. The van der Waals surface area contributed by atoms with E-state index in [9.17, 15) is 0 Å². The van der Waals surface area contributed by atoms with Crippen LogP contribution in [0.3, 0.4) is 0 Å². The van der Waals surface area contributed by atoms with Gasteiger partial charge in [0, 0.05) is 33.8 Å². The lowest BCUT2D eigenvalue weighted by atomic mass is 10.1. The van der Waals surface area contributed by atoms with E-state index in [1.54, 1.807) is 11.3 Å². The Balaban J connectivity index is 2.10. The van der Waals surface area contributed by atoms with E-state index < -0.39 is 0 Å². The van der Waals surface area contributed by atoms with Crippen molar-refractivity contribution in [2.45, 2.75) is 32.7 Å². The minimum Gasteiger partial charge on any atom is -0.309 e. The molecule has 0 fully saturated rings. The van der Waals surface area contributed by atoms with Crippen LogP contribution in [0, 0.1) is 0 Å². The molecule has 2 rings (SSSR count). The highest BCUT2D eigenvalue weighted by Gasteiger charge is 2.14. The highest BCUT2D eigenvalue weighted by atomic mass is 32.1. The van der Waals surface area contributed by atoms with Gasteiger partial charge < -0.3 is 5.32 Å². The predicted molar refractivity (Wildman–Crippen MR) is 75.9 cm³/mol. The number of aryl methyl sites for hydroxylation is 1. The fourth-order valence-electron chi connectivity index (χ4n) is 1.82. The van der Waals surface area contributed by atoms with Crippen LogP contribution in [0.2, 0.25) is 0 Å². The molecule has 0 saturated heterocycles. The molecule has 0 radical (unpaired) electrons. The Kier molecular flexibility index (Phi) is 4.71. The Morgan fingerprint density at radius 3 is 2.82 bits per heavy atom. The molecule has 0 saturated carbocycles. The maximum absolute atomic E-state index is 4.37. The molecule has 0 aliphatic rings. The molecule has 0 aliphatic heterocycles. The Labute approximate surface area is 111 Å². The zero-order chi connectivity index (χ0) is 12.1. The summed E-state index contributed by atoms with van der Waals surface area (Å²) in [5.74, 6) is 0. The number of nitrogens with zero attached hydrogens (tertiary/aromatic N) is 1. The molecule has 0 aromatic carbocycles. The second kappa shape index (κ2) is 6.28. The summed E-state index contributed by atoms with van der Waals surface area (Å²) in [5, 5.41) is 6.81. The first-order valence-corrected chi connectivity index (χ1v) is 7.73. The molecule has 2 aromatic heterocycles. The van der Waals surface area contributed by atoms with Crippen LogP contribution in [0.25, 0.3) is 0 Å². The lowest BCUT2D eigenvalue weighted by Gasteiger charge is -2.14. The monoisotopic (exact) mass is 266 g/mol. The summed E-state index contributed by atoms with van der Waals surface area (Å²) in [4.78, 5) is 7.26. The summed E-state index contributed by atoms with van der Waals surface area (Å²) >= 11 is 3.65. The standard InChI is InChI=1S/C13H18N2S2/c1-3-10-5-6-12(17-10)11(14-4-2)9-13-15-7-8-16-13/h5-8,11,14H,3-4,9H2,1-2H3. The van der Waals surface area contributed by atoms with Crippen molar-refractivity contribution in [2.75, 3.05) is 6.54 Å². The molecule has 0 bridgehead atoms. The quantitative estimate of drug-likeness (QED) is 0.863. The first kappa shape index (κ1) is 12.7. The molecule has 92 valence electrons. The topological polar surface area (TPSA) is 24.9 Å². The zero-order valence-corrected chi connectivity index (χ0v) is 11.9. The molecular formula is C13H18N2S2. The Bertz CT molecular complexity index is 434. The molecule has 2 aromatic rings. The van der Waals surface area contributed by atoms with Crippen LogP contribution in [0.1, 0.15) is 34.7 Å². The van der Waals surface area contributed by atoms with Crippen LogP contribution in [0.5, 0.6) is 0 Å². The lowest BCUT2D eigenvalue weighted by molar-refractivity contribution is 0.557. The van der Waals surface area contributed by atoms with Gasteiger partial charge in [0.1, 0.15) is 0 Å². The van der Waals surface area contributed by atoms with Crippen LogP contribution in [-0.2, 0) is 12.8 Å². The van der Waals surface area contributed by atoms with Gasteiger partial charge >= 0.3 is 0 Å². The first-order valence-electron chi connectivity index (χ1n) is 6.03. The number of hydrogen-bond donors (Lipinski definition) is 1. The molecule has 0 aliphatic carbocycles. The van der Waals surface area contributed by atoms with Gasteiger partial charge in [0.15, 0.2) is 0 Å². The van der Waals surface area contributed by atoms with E-state index in [0.717, 1.165) is 19.4 Å². The summed E-state index contributed by atoms with van der Waals surface area (Å²) in [6.45, 7) is 5.36. The van der Waals surface area contributed by atoms with Crippen molar-refractivity contribution >= 4 is 22.7 Å². The minimum absolute atomic E-state index is 0.413. The predicted octanol–water partition coefficient (Wildman–Crippen LogP) is 3.66. The highest BCUT2D eigenvalue weighted by Crippen LogP contribution is 2.26. The van der Waals surface area contributed by atoms with E-state index in [1.165, 1.54) is 14.8 Å². The molecule has 0 amide bonds. The second-order valence-corrected chi connectivity index (χ2v) is 6.08. The fourth-order valence-corrected chi connectivity index (χ4v) is 3.51. The summed E-state index contributed by atoms with van der Waals surface area (Å²) in [6, 6.07) is 4.91. The van der Waals surface area contributed by atoms with Crippen molar-refractivity contribution < 1.29 is 0 Å². The van der Waals surface area contributed by atoms with Gasteiger partial charge in [-0.15, -0.1) is 22.7 Å². The van der Waals surface area contributed by atoms with Crippen LogP contribution < -0.4 is 5.32 Å². The largest absolute Gasteiger partial charge is 0.309 e. The van der Waals surface area contributed by atoms with Crippen molar-refractivity contribution in [2.24, 2.45) is 0 Å². The van der Waals surface area contributed by atoms with Gasteiger partial charge in [0.2, 0.25) is 0 Å². The van der Waals surface area contributed by atoms with Gasteiger partial charge in [0.25, 0.3) is 0 Å². The van der Waals surface area contributed by atoms with Gasteiger partial charge in [-0.3, -0.25) is 0 Å². The summed E-state index contributed by atoms with van der Waals surface area (Å²) in [5.41, 5.74) is 0. The van der Waals surface area contributed by atoms with Gasteiger partial charge in [-0.2, -0.15) is 0 Å². The Morgan fingerprint density at radius 1 is 1.35 bits per heavy atom. The smallest absolute Gasteiger partial charge is 0.0944 e. The molecular weight excluding hydrogens is 248 g/mol. The minimum atomic E-state index is 0.413. The van der Waals surface area contributed by atoms with Crippen molar-refractivity contribution in [1.82, 2.24) is 10.3 Å². The van der Waals surface area contributed by atoms with Crippen LogP contribution in [0.15, 0.2) is 23.7 Å². The number of thiazole rings is 1. The molecule has 2 nitrogen and oxygen atoms in total. The number of rotatable bonds is 6. The van der Waals surface area contributed by atoms with E-state index >= 15 is 0 Å². The van der Waals surface area contributed by atoms with Crippen LogP contribution in [-0.4, -0.2) is 11.5 Å². The number of hydrogen-bond acceptors (Lipinski definition) is 4. The number of nitrogens with one attached hydrogen (secondary N) is 1. The van der Waals surface area contributed by atoms with Crippen molar-refractivity contribution in [1.29, 1.82) is 0 Å². The van der Waals surface area contributed by atoms with Gasteiger partial charge in [-0.25, -0.2) is 4.98 Å². The fraction of sp³-hybridized carbons (Fsp3) is 0.462. The van der Waals surface area contributed by atoms with E-state index in [1.807, 2.05) is 22.9 Å². The average Bonchev–Trinajstić information content (AvgIpc) is 2.99. The number of likely N-dealkylation sites (N-methyl/N-ethyl adjacent to an activating group) is 1. The zero-order valence-electron chi connectivity index (χ0n) is 10.3. The molecule has 17 heavy (non-hydrogen) atoms. The molecule has 2 heterocycles. The first-order chi connectivity index (χ1) is 8.33. The van der Waals surface area contributed by atoms with Crippen molar-refractivity contribution in [3.63, 3.8) is 0 Å². The summed E-state index contributed by atoms with van der Waals surface area (Å²) in [7, 11) is 0. The van der Waals surface area contributed by atoms with Crippen molar-refractivity contribution in [3.05, 3.63) is 38.5 Å². The highest BCUT2D eigenvalue weighted by molar-refractivity contribution is 7.12. The van der Waals surface area contributed by atoms with Gasteiger partial charge in [-0.05, 0) is 25.1 Å². The van der Waals surface area contributed by atoms with E-state index in [4.69, 9.17) is 0 Å². The maximum Gasteiger partial charge on any atom is 0.0944 e. The van der Waals surface area contributed by atoms with Crippen LogP contribution in [0.4, 0.5) is 0 Å². The Hall–Kier alpha value is -0.710. The second-order valence-electron chi connectivity index (χ2n) is 3.90. The van der Waals surface area contributed by atoms with E-state index in [0.29, 0.717) is 6.04 Å². The third-order valence-corrected chi connectivity index (χ3v) is 4.83. The Morgan fingerprint density at radius 2 is 2.24 bits per heavy atom. The van der Waals surface area contributed by atoms with Gasteiger partial charge in [-0.1, -0.05) is 13.8 Å². The molecule has 1 unspecified atom stereocenters. The van der Waals surface area contributed by atoms with E-state index in [-0.39, 0.29) is 0 Å². The van der Waals surface area contributed by atoms with E-state index in [2.05, 4.69) is 36.3 Å². The number of thiophene rings is 1. The van der Waals surface area contributed by atoms with Crippen molar-refractivity contribution in [3.8, 4) is 0 Å².